The van der Waals surface area contributed by atoms with E-state index in [0.29, 0.717) is 18.0 Å². The fraction of sp³-hybridized carbons (Fsp3) is 0.370. The van der Waals surface area contributed by atoms with Crippen LogP contribution in [-0.2, 0) is 13.1 Å². The zero-order valence-corrected chi connectivity index (χ0v) is 19.2. The van der Waals surface area contributed by atoms with Crippen LogP contribution in [0, 0.1) is 5.92 Å². The van der Waals surface area contributed by atoms with Crippen molar-refractivity contribution in [3.05, 3.63) is 89.5 Å². The van der Waals surface area contributed by atoms with E-state index in [0.717, 1.165) is 51.3 Å². The molecule has 0 radical (unpaired) electrons. The third kappa shape index (κ3) is 4.61. The van der Waals surface area contributed by atoms with Crippen molar-refractivity contribution >= 4 is 11.9 Å². The van der Waals surface area contributed by atoms with Gasteiger partial charge in [-0.1, -0.05) is 36.4 Å². The number of imidazole rings is 1. The van der Waals surface area contributed by atoms with Gasteiger partial charge in [0.05, 0.1) is 11.6 Å². The average Bonchev–Trinajstić information content (AvgIpc) is 3.25. The van der Waals surface area contributed by atoms with Gasteiger partial charge in [0.2, 0.25) is 0 Å². The van der Waals surface area contributed by atoms with Crippen LogP contribution in [-0.4, -0.2) is 56.0 Å². The summed E-state index contributed by atoms with van der Waals surface area (Å²) in [5.41, 5.74) is 1.88. The normalized spacial score (nSPS) is 19.4. The number of carboxylic acid groups (broad SMARTS) is 1. The van der Waals surface area contributed by atoms with E-state index in [1.807, 2.05) is 23.4 Å². The van der Waals surface area contributed by atoms with Crippen LogP contribution >= 0.6 is 0 Å². The van der Waals surface area contributed by atoms with E-state index >= 15 is 0 Å². The lowest BCUT2D eigenvalue weighted by Crippen LogP contribution is -2.43. The number of aromatic carboxylic acids is 1. The molecule has 3 aromatic rings. The van der Waals surface area contributed by atoms with E-state index in [1.165, 1.54) is 17.7 Å². The maximum atomic E-state index is 13.7. The molecule has 2 aliphatic rings. The smallest absolute Gasteiger partial charge is 0.335 e. The Labute approximate surface area is 199 Å². The first-order valence-electron chi connectivity index (χ1n) is 12.0. The topological polar surface area (TPSA) is 78.7 Å². The van der Waals surface area contributed by atoms with Gasteiger partial charge in [0.1, 0.15) is 5.82 Å². The van der Waals surface area contributed by atoms with Crippen molar-refractivity contribution < 1.29 is 14.7 Å². The number of rotatable bonds is 5. The van der Waals surface area contributed by atoms with Crippen LogP contribution in [0.25, 0.3) is 0 Å². The molecule has 1 fully saturated rings. The van der Waals surface area contributed by atoms with Gasteiger partial charge in [0.15, 0.2) is 0 Å². The van der Waals surface area contributed by atoms with E-state index in [9.17, 15) is 14.7 Å². The Kier molecular flexibility index (Phi) is 6.45. The minimum Gasteiger partial charge on any atom is -0.478 e. The predicted octanol–water partition coefficient (Wildman–Crippen LogP) is 4.08. The summed E-state index contributed by atoms with van der Waals surface area (Å²) in [6.07, 6.45) is 6.65. The number of carbonyl (C=O) groups excluding carboxylic acids is 1. The molecule has 1 aromatic heterocycles. The first-order valence-corrected chi connectivity index (χ1v) is 12.0. The number of hydrogen-bond acceptors (Lipinski definition) is 4. The minimum absolute atomic E-state index is 0.114. The quantitative estimate of drug-likeness (QED) is 0.623. The average molecular weight is 459 g/mol. The Balaban J connectivity index is 1.38. The van der Waals surface area contributed by atoms with Gasteiger partial charge in [-0.2, -0.15) is 0 Å². The second-order valence-electron chi connectivity index (χ2n) is 9.26. The van der Waals surface area contributed by atoms with Gasteiger partial charge < -0.3 is 14.6 Å². The summed E-state index contributed by atoms with van der Waals surface area (Å²) in [5, 5.41) is 9.39. The van der Waals surface area contributed by atoms with Crippen LogP contribution in [0.4, 0.5) is 0 Å². The molecule has 1 N–H and O–H groups in total. The van der Waals surface area contributed by atoms with Crippen molar-refractivity contribution in [2.45, 2.75) is 38.4 Å². The van der Waals surface area contributed by atoms with Crippen molar-refractivity contribution in [3.63, 3.8) is 0 Å². The van der Waals surface area contributed by atoms with Gasteiger partial charge in [-0.3, -0.25) is 9.69 Å². The number of likely N-dealkylation sites (tertiary alicyclic amines) is 1. The molecule has 7 nitrogen and oxygen atoms in total. The first-order chi connectivity index (χ1) is 16.6. The second kappa shape index (κ2) is 9.81. The molecule has 0 aliphatic carbocycles. The molecule has 0 saturated carbocycles. The number of benzene rings is 2. The summed E-state index contributed by atoms with van der Waals surface area (Å²) < 4.78 is 2.18. The Bertz CT molecular complexity index is 1150. The molecule has 2 aromatic carbocycles. The Morgan fingerprint density at radius 1 is 0.941 bits per heavy atom. The number of hydrogen-bond donors (Lipinski definition) is 1. The van der Waals surface area contributed by atoms with Crippen molar-refractivity contribution in [2.75, 3.05) is 19.6 Å². The van der Waals surface area contributed by atoms with Crippen molar-refractivity contribution in [1.29, 1.82) is 0 Å². The summed E-state index contributed by atoms with van der Waals surface area (Å²) in [6.45, 7) is 4.37. The molecule has 34 heavy (non-hydrogen) atoms. The third-order valence-electron chi connectivity index (χ3n) is 7.09. The highest BCUT2D eigenvalue weighted by molar-refractivity contribution is 5.97. The minimum atomic E-state index is -1.02. The lowest BCUT2D eigenvalue weighted by Gasteiger charge is -2.40. The highest BCUT2D eigenvalue weighted by atomic mass is 16.4. The molecule has 3 heterocycles. The zero-order valence-electron chi connectivity index (χ0n) is 19.2. The van der Waals surface area contributed by atoms with Crippen molar-refractivity contribution in [1.82, 2.24) is 19.4 Å². The Hall–Kier alpha value is -3.45. The number of nitrogens with zero attached hydrogens (tertiary/aromatic N) is 4. The number of aryl methyl sites for hydroxylation is 1. The maximum absolute atomic E-state index is 13.7. The number of aromatic nitrogens is 2. The largest absolute Gasteiger partial charge is 0.478 e. The van der Waals surface area contributed by atoms with Crippen LogP contribution in [0.5, 0.6) is 0 Å². The van der Waals surface area contributed by atoms with Crippen LogP contribution in [0.3, 0.4) is 0 Å². The number of fused-ring (bicyclic) bond motifs is 1. The van der Waals surface area contributed by atoms with E-state index in [-0.39, 0.29) is 17.5 Å². The van der Waals surface area contributed by atoms with Crippen molar-refractivity contribution in [2.24, 2.45) is 5.92 Å². The van der Waals surface area contributed by atoms with Gasteiger partial charge in [-0.15, -0.1) is 0 Å². The first kappa shape index (κ1) is 22.3. The summed E-state index contributed by atoms with van der Waals surface area (Å²) in [7, 11) is 0. The molecule has 1 unspecified atom stereocenters. The van der Waals surface area contributed by atoms with E-state index in [1.54, 1.807) is 12.1 Å². The number of carboxylic acids is 1. The molecular formula is C27H30N4O3. The van der Waals surface area contributed by atoms with Gasteiger partial charge in [-0.05, 0) is 62.0 Å². The monoisotopic (exact) mass is 458 g/mol. The zero-order chi connectivity index (χ0) is 23.5. The predicted molar refractivity (Wildman–Crippen MR) is 128 cm³/mol. The summed E-state index contributed by atoms with van der Waals surface area (Å²) in [6, 6.07) is 16.8. The Morgan fingerprint density at radius 2 is 1.71 bits per heavy atom. The summed E-state index contributed by atoms with van der Waals surface area (Å²) in [4.78, 5) is 34.3. The molecule has 1 amide bonds. The molecule has 176 valence electrons. The van der Waals surface area contributed by atoms with Crippen LogP contribution in [0.2, 0.25) is 0 Å². The molecule has 1 saturated heterocycles. The number of piperidine rings is 1. The highest BCUT2D eigenvalue weighted by Gasteiger charge is 2.38. The standard InChI is InChI=1S/C27H30N4O3/c32-26(22-8-4-9-23(18-22)27(33)34)31-14-5-13-30-17-12-28-25(30)24(31)21-10-15-29(16-11-21)19-20-6-2-1-3-7-20/h1-4,6-9,12,17-18,21,24H,5,10-11,13-16,19H2,(H,33,34). The van der Waals surface area contributed by atoms with E-state index in [4.69, 9.17) is 4.98 Å². The maximum Gasteiger partial charge on any atom is 0.335 e. The molecule has 0 spiro atoms. The van der Waals surface area contributed by atoms with Crippen LogP contribution < -0.4 is 0 Å². The van der Waals surface area contributed by atoms with Gasteiger partial charge in [0.25, 0.3) is 5.91 Å². The lowest BCUT2D eigenvalue weighted by atomic mass is 9.87. The second-order valence-corrected chi connectivity index (χ2v) is 9.26. The summed E-state index contributed by atoms with van der Waals surface area (Å²) in [5.74, 6) is 0.110. The molecule has 7 heteroatoms. The Morgan fingerprint density at radius 3 is 2.47 bits per heavy atom. The fourth-order valence-electron chi connectivity index (χ4n) is 5.38. The molecular weight excluding hydrogens is 428 g/mol. The van der Waals surface area contributed by atoms with Crippen LogP contribution in [0.15, 0.2) is 67.0 Å². The summed E-state index contributed by atoms with van der Waals surface area (Å²) >= 11 is 0. The third-order valence-corrected chi connectivity index (χ3v) is 7.09. The number of amides is 1. The molecule has 5 rings (SSSR count). The van der Waals surface area contributed by atoms with Gasteiger partial charge in [-0.25, -0.2) is 9.78 Å². The molecule has 0 bridgehead atoms. The molecule has 1 atom stereocenters. The van der Waals surface area contributed by atoms with Crippen LogP contribution in [0.1, 0.15) is 57.4 Å². The van der Waals surface area contributed by atoms with Gasteiger partial charge in [0, 0.05) is 37.6 Å². The number of carbonyl (C=O) groups is 2. The lowest BCUT2D eigenvalue weighted by molar-refractivity contribution is 0.0500. The van der Waals surface area contributed by atoms with E-state index in [2.05, 4.69) is 33.7 Å². The molecule has 2 aliphatic heterocycles. The van der Waals surface area contributed by atoms with E-state index < -0.39 is 5.97 Å². The fourth-order valence-corrected chi connectivity index (χ4v) is 5.38. The SMILES string of the molecule is O=C(O)c1cccc(C(=O)N2CCCn3ccnc3C2C2CCN(Cc3ccccc3)CC2)c1. The van der Waals surface area contributed by atoms with Crippen molar-refractivity contribution in [3.8, 4) is 0 Å². The van der Waals surface area contributed by atoms with Gasteiger partial charge >= 0.3 is 5.97 Å². The highest BCUT2D eigenvalue weighted by Crippen LogP contribution is 2.37.